The molecule has 0 atom stereocenters. The van der Waals surface area contributed by atoms with Crippen molar-refractivity contribution in [3.63, 3.8) is 0 Å². The third kappa shape index (κ3) is 6.05. The Labute approximate surface area is 143 Å². The van der Waals surface area contributed by atoms with Crippen molar-refractivity contribution in [1.29, 1.82) is 0 Å². The molecule has 4 heteroatoms. The molecular weight excluding hydrogens is 308 g/mol. The number of nitrogens with one attached hydrogen (secondary N) is 2. The topological polar surface area (TPSA) is 41.1 Å². The van der Waals surface area contributed by atoms with Crippen molar-refractivity contribution >= 4 is 23.2 Å². The summed E-state index contributed by atoms with van der Waals surface area (Å²) in [6.07, 6.45) is 0.844. The van der Waals surface area contributed by atoms with E-state index in [1.807, 2.05) is 48.5 Å². The Hall–Kier alpha value is -1.84. The van der Waals surface area contributed by atoms with E-state index >= 15 is 0 Å². The van der Waals surface area contributed by atoms with Gasteiger partial charge in [0, 0.05) is 10.7 Å². The minimum absolute atomic E-state index is 0.0339. The van der Waals surface area contributed by atoms with Crippen LogP contribution in [0.1, 0.15) is 30.9 Å². The number of anilines is 1. The molecule has 0 aromatic heterocycles. The van der Waals surface area contributed by atoms with Gasteiger partial charge in [0.2, 0.25) is 5.91 Å². The van der Waals surface area contributed by atoms with Gasteiger partial charge in [-0.25, -0.2) is 0 Å². The maximum Gasteiger partial charge on any atom is 0.238 e. The van der Waals surface area contributed by atoms with Crippen LogP contribution in [0.25, 0.3) is 0 Å². The molecule has 0 saturated heterocycles. The zero-order chi connectivity index (χ0) is 16.7. The fourth-order valence-corrected chi connectivity index (χ4v) is 2.50. The molecule has 0 aliphatic carbocycles. The van der Waals surface area contributed by atoms with Crippen LogP contribution in [0.2, 0.25) is 5.02 Å². The second-order valence-electron chi connectivity index (χ2n) is 5.88. The van der Waals surface area contributed by atoms with Gasteiger partial charge in [0.25, 0.3) is 0 Å². The molecule has 2 rings (SSSR count). The van der Waals surface area contributed by atoms with Crippen LogP contribution in [-0.2, 0) is 11.2 Å². The molecule has 23 heavy (non-hydrogen) atoms. The van der Waals surface area contributed by atoms with Gasteiger partial charge < -0.3 is 10.6 Å². The number of amides is 1. The molecule has 3 nitrogen and oxygen atoms in total. The molecule has 0 radical (unpaired) electrons. The van der Waals surface area contributed by atoms with Crippen LogP contribution in [0.4, 0.5) is 5.69 Å². The molecule has 122 valence electrons. The standard InChI is InChI=1S/C19H23ClN2O/c1-14(2)16-6-8-18(9-7-16)22-19(23)13-21-11-10-15-4-3-5-17(20)12-15/h3-9,12,14,21H,10-11,13H2,1-2H3,(H,22,23). The Balaban J connectivity index is 1.70. The number of carbonyl (C=O) groups excluding carboxylic acids is 1. The average Bonchev–Trinajstić information content (AvgIpc) is 2.52. The molecule has 0 bridgehead atoms. The van der Waals surface area contributed by atoms with Gasteiger partial charge in [0.1, 0.15) is 0 Å². The van der Waals surface area contributed by atoms with Crippen molar-refractivity contribution < 1.29 is 4.79 Å². The van der Waals surface area contributed by atoms with Gasteiger partial charge in [-0.1, -0.05) is 49.7 Å². The molecule has 0 aliphatic rings. The molecule has 1 amide bonds. The number of halogens is 1. The van der Waals surface area contributed by atoms with Gasteiger partial charge in [-0.05, 0) is 54.3 Å². The fraction of sp³-hybridized carbons (Fsp3) is 0.316. The maximum atomic E-state index is 11.9. The first-order chi connectivity index (χ1) is 11.0. The van der Waals surface area contributed by atoms with Crippen molar-refractivity contribution in [3.05, 3.63) is 64.7 Å². The first-order valence-electron chi connectivity index (χ1n) is 7.89. The minimum atomic E-state index is -0.0339. The first kappa shape index (κ1) is 17.5. The van der Waals surface area contributed by atoms with Crippen molar-refractivity contribution in [1.82, 2.24) is 5.32 Å². The number of benzene rings is 2. The van der Waals surface area contributed by atoms with Crippen LogP contribution in [0.5, 0.6) is 0 Å². The van der Waals surface area contributed by atoms with Gasteiger partial charge in [-0.3, -0.25) is 4.79 Å². The lowest BCUT2D eigenvalue weighted by Crippen LogP contribution is -2.29. The smallest absolute Gasteiger partial charge is 0.238 e. The highest BCUT2D eigenvalue weighted by Crippen LogP contribution is 2.17. The second-order valence-corrected chi connectivity index (χ2v) is 6.32. The van der Waals surface area contributed by atoms with Crippen LogP contribution in [0.3, 0.4) is 0 Å². The number of hydrogen-bond acceptors (Lipinski definition) is 2. The molecule has 2 N–H and O–H groups in total. The molecule has 0 aliphatic heterocycles. The molecule has 2 aromatic rings. The average molecular weight is 331 g/mol. The van der Waals surface area contributed by atoms with Crippen LogP contribution >= 0.6 is 11.6 Å². The lowest BCUT2D eigenvalue weighted by molar-refractivity contribution is -0.115. The Morgan fingerprint density at radius 2 is 1.87 bits per heavy atom. The lowest BCUT2D eigenvalue weighted by Gasteiger charge is -2.09. The van der Waals surface area contributed by atoms with Crippen LogP contribution in [0, 0.1) is 0 Å². The Bertz CT molecular complexity index is 638. The minimum Gasteiger partial charge on any atom is -0.325 e. The summed E-state index contributed by atoms with van der Waals surface area (Å²) in [5, 5.41) is 6.78. The van der Waals surface area contributed by atoms with Crippen molar-refractivity contribution in [3.8, 4) is 0 Å². The third-order valence-electron chi connectivity index (χ3n) is 3.63. The van der Waals surface area contributed by atoms with Gasteiger partial charge in [0.15, 0.2) is 0 Å². The molecule has 0 fully saturated rings. The predicted octanol–water partition coefficient (Wildman–Crippen LogP) is 4.23. The Kier molecular flexibility index (Phi) is 6.63. The molecule has 0 spiro atoms. The first-order valence-corrected chi connectivity index (χ1v) is 8.27. The zero-order valence-electron chi connectivity index (χ0n) is 13.6. The highest BCUT2D eigenvalue weighted by Gasteiger charge is 2.03. The van der Waals surface area contributed by atoms with Crippen LogP contribution < -0.4 is 10.6 Å². The summed E-state index contributed by atoms with van der Waals surface area (Å²) in [6, 6.07) is 15.8. The van der Waals surface area contributed by atoms with Gasteiger partial charge in [0.05, 0.1) is 6.54 Å². The normalized spacial score (nSPS) is 10.8. The van der Waals surface area contributed by atoms with Gasteiger partial charge in [-0.15, -0.1) is 0 Å². The van der Waals surface area contributed by atoms with Crippen molar-refractivity contribution in [2.75, 3.05) is 18.4 Å². The van der Waals surface area contributed by atoms with Crippen LogP contribution in [0.15, 0.2) is 48.5 Å². The monoisotopic (exact) mass is 330 g/mol. The molecule has 0 saturated carbocycles. The number of rotatable bonds is 7. The second kappa shape index (κ2) is 8.70. The maximum absolute atomic E-state index is 11.9. The van der Waals surface area contributed by atoms with Gasteiger partial charge >= 0.3 is 0 Å². The lowest BCUT2D eigenvalue weighted by atomic mass is 10.0. The predicted molar refractivity (Wildman–Crippen MR) is 97.2 cm³/mol. The highest BCUT2D eigenvalue weighted by atomic mass is 35.5. The van der Waals surface area contributed by atoms with E-state index in [-0.39, 0.29) is 5.91 Å². The van der Waals surface area contributed by atoms with E-state index in [2.05, 4.69) is 24.5 Å². The summed E-state index contributed by atoms with van der Waals surface area (Å²) in [6.45, 7) is 5.33. The summed E-state index contributed by atoms with van der Waals surface area (Å²) >= 11 is 5.94. The van der Waals surface area contributed by atoms with E-state index in [4.69, 9.17) is 11.6 Å². The molecule has 0 unspecified atom stereocenters. The van der Waals surface area contributed by atoms with E-state index in [1.54, 1.807) is 0 Å². The van der Waals surface area contributed by atoms with Crippen molar-refractivity contribution in [2.45, 2.75) is 26.2 Å². The Morgan fingerprint density at radius 1 is 1.13 bits per heavy atom. The zero-order valence-corrected chi connectivity index (χ0v) is 14.4. The fourth-order valence-electron chi connectivity index (χ4n) is 2.28. The summed E-state index contributed by atoms with van der Waals surface area (Å²) in [4.78, 5) is 11.9. The summed E-state index contributed by atoms with van der Waals surface area (Å²) in [7, 11) is 0. The molecule has 2 aromatic carbocycles. The largest absolute Gasteiger partial charge is 0.325 e. The number of hydrogen-bond donors (Lipinski definition) is 2. The quantitative estimate of drug-likeness (QED) is 0.746. The van der Waals surface area contributed by atoms with Crippen LogP contribution in [-0.4, -0.2) is 19.0 Å². The highest BCUT2D eigenvalue weighted by molar-refractivity contribution is 6.30. The summed E-state index contributed by atoms with van der Waals surface area (Å²) in [5.74, 6) is 0.460. The molecular formula is C19H23ClN2O. The summed E-state index contributed by atoms with van der Waals surface area (Å²) in [5.41, 5.74) is 3.26. The van der Waals surface area contributed by atoms with E-state index in [1.165, 1.54) is 5.56 Å². The van der Waals surface area contributed by atoms with E-state index in [0.717, 1.165) is 29.2 Å². The van der Waals surface area contributed by atoms with Crippen molar-refractivity contribution in [2.24, 2.45) is 0 Å². The number of carbonyl (C=O) groups is 1. The van der Waals surface area contributed by atoms with E-state index in [0.29, 0.717) is 12.5 Å². The third-order valence-corrected chi connectivity index (χ3v) is 3.86. The van der Waals surface area contributed by atoms with E-state index < -0.39 is 0 Å². The molecule has 0 heterocycles. The Morgan fingerprint density at radius 3 is 2.52 bits per heavy atom. The summed E-state index contributed by atoms with van der Waals surface area (Å²) < 4.78 is 0. The van der Waals surface area contributed by atoms with Gasteiger partial charge in [-0.2, -0.15) is 0 Å². The SMILES string of the molecule is CC(C)c1ccc(NC(=O)CNCCc2cccc(Cl)c2)cc1. The van der Waals surface area contributed by atoms with E-state index in [9.17, 15) is 4.79 Å².